The van der Waals surface area contributed by atoms with E-state index in [2.05, 4.69) is 76.1 Å². The molecule has 2 nitrogen and oxygen atoms in total. The van der Waals surface area contributed by atoms with Gasteiger partial charge in [-0.15, -0.1) is 11.8 Å². The minimum Gasteiger partial charge on any atom is -0.338 e. The number of rotatable bonds is 2. The van der Waals surface area contributed by atoms with Crippen LogP contribution < -0.4 is 9.21 Å². The molecule has 134 valence electrons. The van der Waals surface area contributed by atoms with Crippen molar-refractivity contribution in [1.82, 2.24) is 0 Å². The molecule has 0 unspecified atom stereocenters. The first-order valence-electron chi connectivity index (χ1n) is 8.87. The largest absolute Gasteiger partial charge is 0.338 e. The van der Waals surface area contributed by atoms with Crippen molar-refractivity contribution in [3.05, 3.63) is 77.4 Å². The van der Waals surface area contributed by atoms with Gasteiger partial charge in [0.05, 0.1) is 17.3 Å². The third kappa shape index (κ3) is 2.77. The predicted octanol–water partition coefficient (Wildman–Crippen LogP) is 6.93. The molecule has 6 heteroatoms. The van der Waals surface area contributed by atoms with Crippen molar-refractivity contribution in [1.29, 1.82) is 0 Å². The maximum Gasteiger partial charge on any atom is 0.132 e. The number of fused-ring (bicyclic) bond motifs is 3. The lowest BCUT2D eigenvalue weighted by Gasteiger charge is -2.28. The molecule has 0 saturated carbocycles. The van der Waals surface area contributed by atoms with Gasteiger partial charge in [0.15, 0.2) is 0 Å². The summed E-state index contributed by atoms with van der Waals surface area (Å²) in [6, 6.07) is 15.5. The number of hydrogen-bond acceptors (Lipinski definition) is 6. The van der Waals surface area contributed by atoms with Gasteiger partial charge in [-0.1, -0.05) is 53.9 Å². The number of nitrogens with zero attached hydrogens (tertiary/aromatic N) is 2. The van der Waals surface area contributed by atoms with Crippen LogP contribution in [0, 0.1) is 0 Å². The molecule has 2 aromatic carbocycles. The van der Waals surface area contributed by atoms with Crippen LogP contribution in [-0.4, -0.2) is 10.6 Å². The molecule has 0 atom stereocenters. The fourth-order valence-electron chi connectivity index (χ4n) is 3.63. The number of allylic oxidation sites excluding steroid dienone is 4. The van der Waals surface area contributed by atoms with E-state index >= 15 is 0 Å². The smallest absolute Gasteiger partial charge is 0.132 e. The monoisotopic (exact) mass is 424 g/mol. The van der Waals surface area contributed by atoms with Crippen molar-refractivity contribution in [2.45, 2.75) is 25.8 Å². The Labute approximate surface area is 176 Å². The van der Waals surface area contributed by atoms with E-state index < -0.39 is 0 Å². The highest BCUT2D eigenvalue weighted by Gasteiger charge is 2.36. The fraction of sp³-hybridized carbons (Fsp3) is 0.143. The van der Waals surface area contributed by atoms with Crippen molar-refractivity contribution in [2.75, 3.05) is 15.1 Å². The maximum atomic E-state index is 2.58. The Morgan fingerprint density at radius 2 is 1.74 bits per heavy atom. The van der Waals surface area contributed by atoms with Crippen LogP contribution in [0.1, 0.15) is 6.42 Å². The van der Waals surface area contributed by atoms with E-state index in [1.165, 1.54) is 36.5 Å². The first-order valence-corrected chi connectivity index (χ1v) is 12.4. The quantitative estimate of drug-likeness (QED) is 0.479. The summed E-state index contributed by atoms with van der Waals surface area (Å²) in [5.74, 6) is 1.02. The van der Waals surface area contributed by atoms with Crippen molar-refractivity contribution in [3.63, 3.8) is 0 Å². The fourth-order valence-corrected chi connectivity index (χ4v) is 8.78. The van der Waals surface area contributed by atoms with E-state index in [4.69, 9.17) is 0 Å². The number of benzene rings is 2. The zero-order valence-corrected chi connectivity index (χ0v) is 17.6. The van der Waals surface area contributed by atoms with Crippen molar-refractivity contribution in [2.24, 2.45) is 0 Å². The predicted molar refractivity (Wildman–Crippen MR) is 122 cm³/mol. The second-order valence-corrected chi connectivity index (χ2v) is 11.1. The van der Waals surface area contributed by atoms with Crippen LogP contribution >= 0.6 is 47.2 Å². The minimum absolute atomic E-state index is 0.403. The van der Waals surface area contributed by atoms with Gasteiger partial charge in [0, 0.05) is 25.8 Å². The van der Waals surface area contributed by atoms with Crippen molar-refractivity contribution < 1.29 is 0 Å². The van der Waals surface area contributed by atoms with Crippen LogP contribution in [0.2, 0.25) is 0 Å². The molecule has 0 bridgehead atoms. The average molecular weight is 425 g/mol. The summed E-state index contributed by atoms with van der Waals surface area (Å²) < 4.78 is 2.77. The van der Waals surface area contributed by atoms with Gasteiger partial charge in [-0.05, 0) is 54.3 Å². The Balaban J connectivity index is 1.36. The third-order valence-corrected chi connectivity index (χ3v) is 9.91. The number of thioether (sulfide) groups is 3. The van der Waals surface area contributed by atoms with Crippen LogP contribution in [0.15, 0.2) is 92.1 Å². The lowest BCUT2D eigenvalue weighted by atomic mass is 10.1. The maximum absolute atomic E-state index is 2.58. The second kappa shape index (κ2) is 6.62. The van der Waals surface area contributed by atoms with Gasteiger partial charge in [-0.25, -0.2) is 0 Å². The first-order chi connectivity index (χ1) is 13.4. The molecule has 6 rings (SSSR count). The van der Waals surface area contributed by atoms with Crippen molar-refractivity contribution in [3.8, 4) is 0 Å². The lowest BCUT2D eigenvalue weighted by Crippen LogP contribution is -2.27. The molecule has 2 aromatic rings. The molecule has 4 aliphatic rings. The Hall–Kier alpha value is -1.34. The van der Waals surface area contributed by atoms with Gasteiger partial charge in [0.25, 0.3) is 0 Å². The molecule has 0 spiro atoms. The van der Waals surface area contributed by atoms with Crippen LogP contribution in [0.3, 0.4) is 0 Å². The lowest BCUT2D eigenvalue weighted by molar-refractivity contribution is 1.03. The van der Waals surface area contributed by atoms with Crippen LogP contribution in [0.5, 0.6) is 0 Å². The molecule has 0 aromatic heterocycles. The first kappa shape index (κ1) is 16.6. The highest BCUT2D eigenvalue weighted by molar-refractivity contribution is 8.19. The van der Waals surface area contributed by atoms with Gasteiger partial charge >= 0.3 is 0 Å². The van der Waals surface area contributed by atoms with Gasteiger partial charge in [0.1, 0.15) is 4.71 Å². The van der Waals surface area contributed by atoms with E-state index in [0.29, 0.717) is 4.71 Å². The summed E-state index contributed by atoms with van der Waals surface area (Å²) in [5.41, 5.74) is 4.12. The number of anilines is 2. The minimum atomic E-state index is 0.403. The molecule has 3 heterocycles. The Morgan fingerprint density at radius 1 is 0.926 bits per heavy atom. The van der Waals surface area contributed by atoms with E-state index in [0.717, 1.165) is 12.3 Å². The van der Waals surface area contributed by atoms with E-state index in [9.17, 15) is 0 Å². The molecule has 3 aliphatic heterocycles. The van der Waals surface area contributed by atoms with Crippen molar-refractivity contribution >= 4 is 58.6 Å². The van der Waals surface area contributed by atoms with E-state index in [1.54, 1.807) is 0 Å². The highest BCUT2D eigenvalue weighted by Crippen LogP contribution is 2.57. The molecule has 0 saturated heterocycles. The summed E-state index contributed by atoms with van der Waals surface area (Å²) in [7, 11) is 0. The Bertz CT molecular complexity index is 1000. The van der Waals surface area contributed by atoms with Crippen LogP contribution in [0.25, 0.3) is 0 Å². The molecule has 1 aliphatic carbocycles. The number of hydrogen-bond donors (Lipinski definition) is 0. The van der Waals surface area contributed by atoms with E-state index in [-0.39, 0.29) is 0 Å². The SMILES string of the molecule is C1=CCC2=CN(c3cccc4c3N(C3Sc5ccccc5S3)CS4)SC2=C1. The zero-order chi connectivity index (χ0) is 17.8. The standard InChI is InChI=1S/C21H16N2S4/c1-2-8-16-14(6-1)12-23(27-16)15-7-5-11-19-20(15)22(13-24-19)21-25-17-9-3-4-10-18(17)26-21/h1-5,7-12,21H,6,13H2. The molecule has 0 N–H and O–H groups in total. The van der Waals surface area contributed by atoms with Crippen LogP contribution in [0.4, 0.5) is 11.4 Å². The normalized spacial score (nSPS) is 20.4. The number of para-hydroxylation sites is 1. The summed E-state index contributed by atoms with van der Waals surface area (Å²) in [6.45, 7) is 0. The molecule has 0 fully saturated rings. The molecule has 27 heavy (non-hydrogen) atoms. The average Bonchev–Trinajstić information content (AvgIpc) is 3.42. The molecular formula is C21H16N2S4. The Kier molecular flexibility index (Phi) is 4.07. The van der Waals surface area contributed by atoms with Gasteiger partial charge in [0.2, 0.25) is 0 Å². The Morgan fingerprint density at radius 3 is 2.56 bits per heavy atom. The zero-order valence-electron chi connectivity index (χ0n) is 14.4. The topological polar surface area (TPSA) is 6.48 Å². The molecule has 0 radical (unpaired) electrons. The molecule has 0 amide bonds. The van der Waals surface area contributed by atoms with Gasteiger partial charge < -0.3 is 4.90 Å². The van der Waals surface area contributed by atoms with Gasteiger partial charge in [-0.2, -0.15) is 0 Å². The van der Waals surface area contributed by atoms with E-state index in [1.807, 2.05) is 47.2 Å². The highest BCUT2D eigenvalue weighted by atomic mass is 32.2. The summed E-state index contributed by atoms with van der Waals surface area (Å²) in [5, 5.41) is 0. The summed E-state index contributed by atoms with van der Waals surface area (Å²) in [6.07, 6.45) is 9.99. The van der Waals surface area contributed by atoms with Gasteiger partial charge in [-0.3, -0.25) is 4.31 Å². The molecular weight excluding hydrogens is 409 g/mol. The summed E-state index contributed by atoms with van der Waals surface area (Å²) in [4.78, 5) is 8.17. The second-order valence-electron chi connectivity index (χ2n) is 6.59. The third-order valence-electron chi connectivity index (χ3n) is 4.93. The summed E-state index contributed by atoms with van der Waals surface area (Å²) >= 11 is 7.77. The van der Waals surface area contributed by atoms with Crippen LogP contribution in [-0.2, 0) is 0 Å².